The van der Waals surface area contributed by atoms with Gasteiger partial charge >= 0.3 is 0 Å². The number of carbonyl (C=O) groups is 2. The quantitative estimate of drug-likeness (QED) is 0.762. The third-order valence-electron chi connectivity index (χ3n) is 5.79. The second kappa shape index (κ2) is 9.62. The van der Waals surface area contributed by atoms with Gasteiger partial charge in [-0.2, -0.15) is 10.2 Å². The Hall–Kier alpha value is -2.50. The average Bonchev–Trinajstić information content (AvgIpc) is 2.72. The number of hydrogen-bond acceptors (Lipinski definition) is 4. The molecule has 2 saturated carbocycles. The van der Waals surface area contributed by atoms with Crippen LogP contribution >= 0.6 is 0 Å². The Bertz CT molecular complexity index is 702. The number of hydrogen-bond donors (Lipinski definition) is 2. The summed E-state index contributed by atoms with van der Waals surface area (Å²) in [7, 11) is 0. The van der Waals surface area contributed by atoms with Gasteiger partial charge in [0, 0.05) is 22.6 Å². The first-order valence-corrected chi connectivity index (χ1v) is 10.4. The number of nitrogens with zero attached hydrogens (tertiary/aromatic N) is 2. The molecule has 0 heterocycles. The molecule has 2 fully saturated rings. The van der Waals surface area contributed by atoms with Crippen LogP contribution in [0.1, 0.15) is 85.9 Å². The number of nitrogens with one attached hydrogen (secondary N) is 2. The summed E-state index contributed by atoms with van der Waals surface area (Å²) in [6, 6.07) is 6.58. The van der Waals surface area contributed by atoms with Crippen molar-refractivity contribution in [1.29, 1.82) is 0 Å². The summed E-state index contributed by atoms with van der Waals surface area (Å²) in [5.41, 5.74) is 8.38. The van der Waals surface area contributed by atoms with E-state index >= 15 is 0 Å². The smallest absolute Gasteiger partial charge is 0.267 e. The van der Waals surface area contributed by atoms with Gasteiger partial charge in [-0.3, -0.25) is 9.59 Å². The molecule has 3 rings (SSSR count). The number of carbonyl (C=O) groups excluding carboxylic acids is 2. The second-order valence-electron chi connectivity index (χ2n) is 7.96. The largest absolute Gasteiger partial charge is 0.271 e. The van der Waals surface area contributed by atoms with E-state index < -0.39 is 0 Å². The third kappa shape index (κ3) is 5.27. The van der Waals surface area contributed by atoms with Crippen molar-refractivity contribution in [3.63, 3.8) is 0 Å². The zero-order valence-electron chi connectivity index (χ0n) is 16.8. The van der Waals surface area contributed by atoms with Crippen molar-refractivity contribution in [3.05, 3.63) is 35.4 Å². The summed E-state index contributed by atoms with van der Waals surface area (Å²) < 4.78 is 0. The summed E-state index contributed by atoms with van der Waals surface area (Å²) >= 11 is 0. The lowest BCUT2D eigenvalue weighted by molar-refractivity contribution is 0.0942. The van der Waals surface area contributed by atoms with Crippen LogP contribution in [0.4, 0.5) is 0 Å². The molecule has 2 amide bonds. The molecule has 0 saturated heterocycles. The maximum Gasteiger partial charge on any atom is 0.271 e. The second-order valence-corrected chi connectivity index (χ2v) is 7.96. The minimum Gasteiger partial charge on any atom is -0.267 e. The van der Waals surface area contributed by atoms with Crippen LogP contribution in [0.3, 0.4) is 0 Å². The summed E-state index contributed by atoms with van der Waals surface area (Å²) in [4.78, 5) is 24.6. The maximum absolute atomic E-state index is 12.3. The van der Waals surface area contributed by atoms with E-state index in [2.05, 4.69) is 34.9 Å². The molecule has 2 aliphatic rings. The number of benzene rings is 1. The van der Waals surface area contributed by atoms with Gasteiger partial charge in [0.2, 0.25) is 0 Å². The normalized spacial score (nSPS) is 25.5. The maximum atomic E-state index is 12.3. The molecule has 1 aromatic rings. The highest BCUT2D eigenvalue weighted by Crippen LogP contribution is 2.21. The van der Waals surface area contributed by atoms with E-state index in [9.17, 15) is 9.59 Å². The summed E-state index contributed by atoms with van der Waals surface area (Å²) in [5.74, 6) is 0.337. The molecule has 28 heavy (non-hydrogen) atoms. The molecule has 6 heteroatoms. The summed E-state index contributed by atoms with van der Waals surface area (Å²) in [6.45, 7) is 4.30. The van der Waals surface area contributed by atoms with Crippen molar-refractivity contribution in [2.45, 2.75) is 65.2 Å². The van der Waals surface area contributed by atoms with Gasteiger partial charge in [0.15, 0.2) is 0 Å². The van der Waals surface area contributed by atoms with Crippen LogP contribution in [0.15, 0.2) is 34.5 Å². The van der Waals surface area contributed by atoms with E-state index in [0.717, 1.165) is 49.9 Å². The van der Waals surface area contributed by atoms with Crippen molar-refractivity contribution in [2.24, 2.45) is 22.0 Å². The first-order chi connectivity index (χ1) is 13.5. The topological polar surface area (TPSA) is 82.9 Å². The Morgan fingerprint density at radius 3 is 1.50 bits per heavy atom. The SMILES string of the molecule is CC1CCCCC1=NNC(=O)c1ccc(C(=O)NN=C2CCCCC2C)cc1. The molecular formula is C22H30N4O2. The van der Waals surface area contributed by atoms with E-state index in [-0.39, 0.29) is 11.8 Å². The monoisotopic (exact) mass is 382 g/mol. The molecule has 2 N–H and O–H groups in total. The molecule has 2 aliphatic carbocycles. The molecule has 6 nitrogen and oxygen atoms in total. The van der Waals surface area contributed by atoms with Gasteiger partial charge in [0.05, 0.1) is 0 Å². The average molecular weight is 383 g/mol. The fourth-order valence-electron chi connectivity index (χ4n) is 3.82. The van der Waals surface area contributed by atoms with E-state index in [1.807, 2.05) is 0 Å². The van der Waals surface area contributed by atoms with Crippen LogP contribution in [0, 0.1) is 11.8 Å². The molecular weight excluding hydrogens is 352 g/mol. The molecule has 0 spiro atoms. The van der Waals surface area contributed by atoms with Crippen LogP contribution in [-0.4, -0.2) is 23.2 Å². The minimum atomic E-state index is -0.256. The first kappa shape index (κ1) is 20.2. The Kier molecular flexibility index (Phi) is 6.95. The van der Waals surface area contributed by atoms with Crippen LogP contribution < -0.4 is 10.9 Å². The fourth-order valence-corrected chi connectivity index (χ4v) is 3.82. The van der Waals surface area contributed by atoms with Crippen LogP contribution in [-0.2, 0) is 0 Å². The standard InChI is InChI=1S/C22H30N4O2/c1-15-7-3-5-9-19(15)23-25-21(27)17-11-13-18(14-12-17)22(28)26-24-20-10-6-4-8-16(20)2/h11-16H,3-10H2,1-2H3,(H,25,27)(H,26,28). The first-order valence-electron chi connectivity index (χ1n) is 10.4. The predicted molar refractivity (Wildman–Crippen MR) is 112 cm³/mol. The van der Waals surface area contributed by atoms with Gasteiger partial charge in [0.1, 0.15) is 0 Å². The van der Waals surface area contributed by atoms with E-state index in [4.69, 9.17) is 0 Å². The van der Waals surface area contributed by atoms with Gasteiger partial charge in [0.25, 0.3) is 11.8 Å². The van der Waals surface area contributed by atoms with E-state index in [0.29, 0.717) is 23.0 Å². The van der Waals surface area contributed by atoms with E-state index in [1.165, 1.54) is 12.8 Å². The number of amides is 2. The third-order valence-corrected chi connectivity index (χ3v) is 5.79. The Labute approximate surface area is 166 Å². The fraction of sp³-hybridized carbons (Fsp3) is 0.545. The molecule has 0 bridgehead atoms. The number of rotatable bonds is 4. The van der Waals surface area contributed by atoms with Crippen molar-refractivity contribution in [3.8, 4) is 0 Å². The van der Waals surface area contributed by atoms with Gasteiger partial charge in [-0.05, 0) is 74.6 Å². The zero-order chi connectivity index (χ0) is 19.9. The molecule has 1 aromatic carbocycles. The molecule has 0 aromatic heterocycles. The highest BCUT2D eigenvalue weighted by molar-refractivity contribution is 5.99. The molecule has 0 aliphatic heterocycles. The molecule has 2 atom stereocenters. The van der Waals surface area contributed by atoms with Crippen molar-refractivity contribution >= 4 is 23.2 Å². The molecule has 0 radical (unpaired) electrons. The van der Waals surface area contributed by atoms with Crippen LogP contribution in [0.5, 0.6) is 0 Å². The highest BCUT2D eigenvalue weighted by atomic mass is 16.2. The summed E-state index contributed by atoms with van der Waals surface area (Å²) in [5, 5.41) is 8.61. The Morgan fingerprint density at radius 1 is 0.750 bits per heavy atom. The van der Waals surface area contributed by atoms with E-state index in [1.54, 1.807) is 24.3 Å². The Balaban J connectivity index is 1.56. The van der Waals surface area contributed by atoms with Crippen molar-refractivity contribution in [1.82, 2.24) is 10.9 Å². The minimum absolute atomic E-state index is 0.256. The van der Waals surface area contributed by atoms with Crippen LogP contribution in [0.2, 0.25) is 0 Å². The van der Waals surface area contributed by atoms with Crippen molar-refractivity contribution < 1.29 is 9.59 Å². The molecule has 2 unspecified atom stereocenters. The zero-order valence-corrected chi connectivity index (χ0v) is 16.8. The van der Waals surface area contributed by atoms with Crippen molar-refractivity contribution in [2.75, 3.05) is 0 Å². The van der Waals surface area contributed by atoms with Gasteiger partial charge in [-0.15, -0.1) is 0 Å². The van der Waals surface area contributed by atoms with Gasteiger partial charge < -0.3 is 0 Å². The lowest BCUT2D eigenvalue weighted by Crippen LogP contribution is -2.25. The molecule has 150 valence electrons. The van der Waals surface area contributed by atoms with Crippen LogP contribution in [0.25, 0.3) is 0 Å². The highest BCUT2D eigenvalue weighted by Gasteiger charge is 2.17. The number of hydrazone groups is 2. The lowest BCUT2D eigenvalue weighted by Gasteiger charge is -2.19. The van der Waals surface area contributed by atoms with Gasteiger partial charge in [-0.1, -0.05) is 26.7 Å². The summed E-state index contributed by atoms with van der Waals surface area (Å²) in [6.07, 6.45) is 8.86. The lowest BCUT2D eigenvalue weighted by atomic mass is 9.89. The predicted octanol–water partition coefficient (Wildman–Crippen LogP) is 4.28. The van der Waals surface area contributed by atoms with Gasteiger partial charge in [-0.25, -0.2) is 10.9 Å². The Morgan fingerprint density at radius 2 is 1.14 bits per heavy atom.